The van der Waals surface area contributed by atoms with Crippen molar-refractivity contribution >= 4 is 17.4 Å². The Morgan fingerprint density at radius 3 is 2.32 bits per heavy atom. The summed E-state index contributed by atoms with van der Waals surface area (Å²) >= 11 is 0. The third-order valence-corrected chi connectivity index (χ3v) is 5.18. The van der Waals surface area contributed by atoms with Crippen LogP contribution in [0.15, 0.2) is 54.1 Å². The topological polar surface area (TPSA) is 71.3 Å². The molecule has 0 saturated carbocycles. The van der Waals surface area contributed by atoms with Crippen molar-refractivity contribution in [3.8, 4) is 5.75 Å². The van der Waals surface area contributed by atoms with Gasteiger partial charge in [-0.05, 0) is 48.4 Å². The van der Waals surface area contributed by atoms with Crippen LogP contribution >= 0.6 is 0 Å². The smallest absolute Gasteiger partial charge is 0.295 e. The highest BCUT2D eigenvalue weighted by Crippen LogP contribution is 2.39. The van der Waals surface area contributed by atoms with Crippen LogP contribution in [0.1, 0.15) is 30.5 Å². The first-order chi connectivity index (χ1) is 14.8. The molecule has 1 atom stereocenters. The van der Waals surface area contributed by atoms with Gasteiger partial charge in [-0.15, -0.1) is 0 Å². The number of carbonyl (C=O) groups is 2. The zero-order valence-electron chi connectivity index (χ0n) is 18.0. The molecule has 0 aliphatic carbocycles. The Balaban J connectivity index is 2.06. The Bertz CT molecular complexity index is 968. The number of halogens is 1. The number of hydrogen-bond acceptors (Lipinski definition) is 4. The molecule has 6 nitrogen and oxygen atoms in total. The van der Waals surface area contributed by atoms with E-state index < -0.39 is 23.5 Å². The van der Waals surface area contributed by atoms with Crippen LogP contribution in [0.3, 0.4) is 0 Å². The van der Waals surface area contributed by atoms with Crippen LogP contribution in [0.5, 0.6) is 5.75 Å². The van der Waals surface area contributed by atoms with E-state index in [-0.39, 0.29) is 16.9 Å². The molecule has 1 saturated heterocycles. The van der Waals surface area contributed by atoms with Crippen LogP contribution in [-0.2, 0) is 9.59 Å². The summed E-state index contributed by atoms with van der Waals surface area (Å²) < 4.78 is 19.0. The molecular formula is C24H28FN2O4+. The molecule has 3 rings (SSSR count). The standard InChI is InChI=1S/C24H27FN2O4/c1-4-15-31-19-11-7-16(8-12-19)21-20(22(28)17-5-9-18(25)10-6-17)23(29)24(30)27(21)14-13-26(2)3/h5-12,21,28H,4,13-15H2,1-3H3/p+1/t21-/m1/s1. The van der Waals surface area contributed by atoms with Gasteiger partial charge in [-0.3, -0.25) is 9.59 Å². The fourth-order valence-corrected chi connectivity index (χ4v) is 3.53. The molecule has 31 heavy (non-hydrogen) atoms. The van der Waals surface area contributed by atoms with E-state index in [1.807, 2.05) is 21.0 Å². The molecule has 2 aromatic rings. The molecular weight excluding hydrogens is 399 g/mol. The summed E-state index contributed by atoms with van der Waals surface area (Å²) in [5.74, 6) is -1.47. The number of quaternary nitrogens is 1. The second kappa shape index (κ2) is 9.75. The Morgan fingerprint density at radius 1 is 1.10 bits per heavy atom. The number of ether oxygens (including phenoxy) is 1. The molecule has 1 aliphatic heterocycles. The van der Waals surface area contributed by atoms with Gasteiger partial charge >= 0.3 is 0 Å². The van der Waals surface area contributed by atoms with Crippen LogP contribution in [0.4, 0.5) is 4.39 Å². The van der Waals surface area contributed by atoms with Crippen molar-refractivity contribution in [1.29, 1.82) is 0 Å². The lowest BCUT2D eigenvalue weighted by atomic mass is 9.95. The molecule has 1 amide bonds. The predicted octanol–water partition coefficient (Wildman–Crippen LogP) is 2.18. The van der Waals surface area contributed by atoms with Gasteiger partial charge in [0, 0.05) is 5.56 Å². The lowest BCUT2D eigenvalue weighted by molar-refractivity contribution is -0.857. The summed E-state index contributed by atoms with van der Waals surface area (Å²) in [4.78, 5) is 28.4. The molecule has 2 aromatic carbocycles. The minimum absolute atomic E-state index is 0.00703. The maximum absolute atomic E-state index is 13.3. The number of benzene rings is 2. The predicted molar refractivity (Wildman–Crippen MR) is 115 cm³/mol. The lowest BCUT2D eigenvalue weighted by Gasteiger charge is -2.25. The van der Waals surface area contributed by atoms with Crippen molar-refractivity contribution in [2.24, 2.45) is 0 Å². The van der Waals surface area contributed by atoms with Crippen LogP contribution in [0.2, 0.25) is 0 Å². The molecule has 7 heteroatoms. The van der Waals surface area contributed by atoms with Gasteiger partial charge in [0.15, 0.2) is 0 Å². The zero-order chi connectivity index (χ0) is 22.5. The summed E-state index contributed by atoms with van der Waals surface area (Å²) in [5.41, 5.74) is 0.985. The van der Waals surface area contributed by atoms with Gasteiger partial charge in [-0.25, -0.2) is 4.39 Å². The molecule has 164 valence electrons. The Labute approximate surface area is 181 Å². The number of Topliss-reactive ketones (excluding diaryl/α,β-unsaturated/α-hetero) is 1. The van der Waals surface area contributed by atoms with Gasteiger partial charge < -0.3 is 19.6 Å². The van der Waals surface area contributed by atoms with Gasteiger partial charge in [-0.1, -0.05) is 19.1 Å². The second-order valence-corrected chi connectivity index (χ2v) is 7.87. The van der Waals surface area contributed by atoms with E-state index in [1.165, 1.54) is 29.2 Å². The first-order valence-electron chi connectivity index (χ1n) is 10.4. The number of carbonyl (C=O) groups excluding carboxylic acids is 2. The van der Waals surface area contributed by atoms with Crippen LogP contribution in [-0.4, -0.2) is 55.5 Å². The van der Waals surface area contributed by atoms with Gasteiger partial charge in [0.2, 0.25) is 0 Å². The number of nitrogens with zero attached hydrogens (tertiary/aromatic N) is 1. The Hall–Kier alpha value is -3.19. The van der Waals surface area contributed by atoms with E-state index in [0.717, 1.165) is 11.3 Å². The van der Waals surface area contributed by atoms with Crippen LogP contribution in [0.25, 0.3) is 5.76 Å². The van der Waals surface area contributed by atoms with Crippen molar-refractivity contribution < 1.29 is 28.7 Å². The third-order valence-electron chi connectivity index (χ3n) is 5.18. The average molecular weight is 427 g/mol. The second-order valence-electron chi connectivity index (χ2n) is 7.87. The van der Waals surface area contributed by atoms with E-state index in [4.69, 9.17) is 4.74 Å². The monoisotopic (exact) mass is 427 g/mol. The molecule has 0 spiro atoms. The van der Waals surface area contributed by atoms with E-state index in [2.05, 4.69) is 0 Å². The molecule has 0 aromatic heterocycles. The number of likely N-dealkylation sites (tertiary alicyclic amines) is 1. The number of rotatable bonds is 8. The molecule has 1 heterocycles. The summed E-state index contributed by atoms with van der Waals surface area (Å²) in [6.45, 7) is 3.60. The normalized spacial score (nSPS) is 18.1. The quantitative estimate of drug-likeness (QED) is 0.385. The first-order valence-corrected chi connectivity index (χ1v) is 10.4. The van der Waals surface area contributed by atoms with Crippen molar-refractivity contribution in [2.75, 3.05) is 33.8 Å². The molecule has 1 aliphatic rings. The van der Waals surface area contributed by atoms with Crippen LogP contribution in [0, 0.1) is 5.82 Å². The summed E-state index contributed by atoms with van der Waals surface area (Å²) in [7, 11) is 3.92. The fraction of sp³-hybridized carbons (Fsp3) is 0.333. The minimum atomic E-state index is -0.744. The minimum Gasteiger partial charge on any atom is -0.507 e. The summed E-state index contributed by atoms with van der Waals surface area (Å²) in [6, 6.07) is 11.6. The lowest BCUT2D eigenvalue weighted by Crippen LogP contribution is -3.06. The Morgan fingerprint density at radius 2 is 1.74 bits per heavy atom. The van der Waals surface area contributed by atoms with Crippen molar-refractivity contribution in [3.05, 3.63) is 71.0 Å². The molecule has 0 unspecified atom stereocenters. The number of aliphatic hydroxyl groups is 1. The average Bonchev–Trinajstić information content (AvgIpc) is 3.01. The van der Waals surface area contributed by atoms with Gasteiger partial charge in [0.05, 0.1) is 45.4 Å². The number of aliphatic hydroxyl groups excluding tert-OH is 1. The third kappa shape index (κ3) is 4.94. The maximum atomic E-state index is 13.3. The molecule has 2 N–H and O–H groups in total. The summed E-state index contributed by atoms with van der Waals surface area (Å²) in [6.07, 6.45) is 0.881. The van der Waals surface area contributed by atoms with Gasteiger partial charge in [-0.2, -0.15) is 0 Å². The van der Waals surface area contributed by atoms with Crippen LogP contribution < -0.4 is 9.64 Å². The summed E-state index contributed by atoms with van der Waals surface area (Å²) in [5, 5.41) is 10.9. The van der Waals surface area contributed by atoms with E-state index in [9.17, 15) is 19.1 Å². The molecule has 0 radical (unpaired) electrons. The largest absolute Gasteiger partial charge is 0.507 e. The number of amides is 1. The van der Waals surface area contributed by atoms with Crippen molar-refractivity contribution in [2.45, 2.75) is 19.4 Å². The maximum Gasteiger partial charge on any atom is 0.295 e. The highest BCUT2D eigenvalue weighted by atomic mass is 19.1. The van der Waals surface area contributed by atoms with Crippen molar-refractivity contribution in [1.82, 2.24) is 4.90 Å². The number of nitrogens with one attached hydrogen (secondary N) is 1. The first kappa shape index (κ1) is 22.5. The molecule has 1 fully saturated rings. The van der Waals surface area contributed by atoms with Crippen molar-refractivity contribution in [3.63, 3.8) is 0 Å². The van der Waals surface area contributed by atoms with Gasteiger partial charge in [0.25, 0.3) is 11.7 Å². The fourth-order valence-electron chi connectivity index (χ4n) is 3.53. The molecule has 0 bridgehead atoms. The number of likely N-dealkylation sites (N-methyl/N-ethyl adjacent to an activating group) is 1. The number of ketones is 1. The highest BCUT2D eigenvalue weighted by Gasteiger charge is 2.46. The SMILES string of the molecule is CCCOc1ccc([C@@H]2C(=C(O)c3ccc(F)cc3)C(=O)C(=O)N2CC[NH+](C)C)cc1. The van der Waals surface area contributed by atoms with E-state index >= 15 is 0 Å². The van der Waals surface area contributed by atoms with Gasteiger partial charge in [0.1, 0.15) is 17.3 Å². The Kier molecular flexibility index (Phi) is 7.07. The van der Waals surface area contributed by atoms with E-state index in [0.29, 0.717) is 31.0 Å². The number of hydrogen-bond donors (Lipinski definition) is 2. The van der Waals surface area contributed by atoms with E-state index in [1.54, 1.807) is 24.3 Å². The zero-order valence-corrected chi connectivity index (χ0v) is 18.0. The highest BCUT2D eigenvalue weighted by molar-refractivity contribution is 6.46.